The Morgan fingerprint density at radius 3 is 2.59 bits per heavy atom. The minimum atomic E-state index is -1.01. The molecule has 1 aromatic carbocycles. The molecule has 32 heavy (non-hydrogen) atoms. The van der Waals surface area contributed by atoms with Gasteiger partial charge >= 0.3 is 6.09 Å². The number of nitrogens with one attached hydrogen (secondary N) is 1. The molecule has 0 aliphatic carbocycles. The monoisotopic (exact) mass is 436 g/mol. The van der Waals surface area contributed by atoms with E-state index in [4.69, 9.17) is 4.74 Å². The molecule has 0 radical (unpaired) electrons. The van der Waals surface area contributed by atoms with Gasteiger partial charge in [-0.05, 0) is 51.5 Å². The van der Waals surface area contributed by atoms with E-state index in [9.17, 15) is 19.2 Å². The average Bonchev–Trinajstić information content (AvgIpc) is 3.05. The predicted octanol–water partition coefficient (Wildman–Crippen LogP) is 3.23. The third kappa shape index (κ3) is 4.05. The zero-order chi connectivity index (χ0) is 23.0. The average molecular weight is 436 g/mol. The van der Waals surface area contributed by atoms with Crippen molar-refractivity contribution in [2.75, 3.05) is 5.32 Å². The van der Waals surface area contributed by atoms with E-state index in [0.717, 1.165) is 5.56 Å². The fraction of sp³-hybridized carbons (Fsp3) is 0.348. The number of pyridine rings is 1. The Morgan fingerprint density at radius 2 is 1.91 bits per heavy atom. The SMILES string of the molecule is CC(C)(C)OC(=O)N1C(=O)CCC(N2Cc3c(Nc4ccccn4)cccc3C2=O)C1=O. The van der Waals surface area contributed by atoms with E-state index in [2.05, 4.69) is 10.3 Å². The van der Waals surface area contributed by atoms with Gasteiger partial charge in [0.05, 0.1) is 0 Å². The van der Waals surface area contributed by atoms with E-state index >= 15 is 0 Å². The fourth-order valence-corrected chi connectivity index (χ4v) is 3.85. The third-order valence-electron chi connectivity index (χ3n) is 5.26. The predicted molar refractivity (Wildman–Crippen MR) is 115 cm³/mol. The summed E-state index contributed by atoms with van der Waals surface area (Å²) in [4.78, 5) is 57.3. The lowest BCUT2D eigenvalue weighted by Gasteiger charge is -2.35. The highest BCUT2D eigenvalue weighted by Crippen LogP contribution is 2.34. The summed E-state index contributed by atoms with van der Waals surface area (Å²) in [6, 6.07) is 9.82. The zero-order valence-electron chi connectivity index (χ0n) is 18.1. The molecule has 0 spiro atoms. The van der Waals surface area contributed by atoms with Crippen molar-refractivity contribution in [3.8, 4) is 0 Å². The van der Waals surface area contributed by atoms with Gasteiger partial charge in [-0.1, -0.05) is 12.1 Å². The van der Waals surface area contributed by atoms with Crippen molar-refractivity contribution < 1.29 is 23.9 Å². The molecule has 1 atom stereocenters. The number of aromatic nitrogens is 1. The number of hydrogen-bond donors (Lipinski definition) is 1. The van der Waals surface area contributed by atoms with Gasteiger partial charge in [-0.3, -0.25) is 14.4 Å². The van der Waals surface area contributed by atoms with Crippen LogP contribution in [0, 0.1) is 0 Å². The molecule has 9 heteroatoms. The molecule has 1 aromatic heterocycles. The molecule has 4 amide bonds. The van der Waals surface area contributed by atoms with Gasteiger partial charge in [0.15, 0.2) is 0 Å². The van der Waals surface area contributed by atoms with Crippen LogP contribution in [-0.2, 0) is 20.9 Å². The first-order chi connectivity index (χ1) is 15.2. The third-order valence-corrected chi connectivity index (χ3v) is 5.26. The molecule has 2 aliphatic heterocycles. The van der Waals surface area contributed by atoms with E-state index < -0.39 is 29.6 Å². The van der Waals surface area contributed by atoms with Crippen LogP contribution in [-0.4, -0.2) is 50.2 Å². The van der Waals surface area contributed by atoms with Crippen molar-refractivity contribution in [2.45, 2.75) is 51.8 Å². The summed E-state index contributed by atoms with van der Waals surface area (Å²) < 4.78 is 5.23. The highest BCUT2D eigenvalue weighted by atomic mass is 16.6. The fourth-order valence-electron chi connectivity index (χ4n) is 3.85. The van der Waals surface area contributed by atoms with Crippen molar-refractivity contribution in [1.82, 2.24) is 14.8 Å². The normalized spacial score (nSPS) is 18.6. The van der Waals surface area contributed by atoms with Gasteiger partial charge in [-0.25, -0.2) is 9.78 Å². The van der Waals surface area contributed by atoms with Gasteiger partial charge in [0.25, 0.3) is 11.8 Å². The number of anilines is 2. The molecule has 4 rings (SSSR count). The minimum absolute atomic E-state index is 0.0329. The molecule has 9 nitrogen and oxygen atoms in total. The summed E-state index contributed by atoms with van der Waals surface area (Å²) in [5.74, 6) is -1.05. The first-order valence-corrected chi connectivity index (χ1v) is 10.4. The summed E-state index contributed by atoms with van der Waals surface area (Å²) in [6.45, 7) is 5.13. The summed E-state index contributed by atoms with van der Waals surface area (Å²) >= 11 is 0. The van der Waals surface area contributed by atoms with Gasteiger partial charge < -0.3 is 15.0 Å². The number of carbonyl (C=O) groups is 4. The molecular weight excluding hydrogens is 412 g/mol. The highest BCUT2D eigenvalue weighted by Gasteiger charge is 2.46. The Kier molecular flexibility index (Phi) is 5.41. The van der Waals surface area contributed by atoms with Gasteiger partial charge in [0.1, 0.15) is 17.5 Å². The quantitative estimate of drug-likeness (QED) is 0.736. The van der Waals surface area contributed by atoms with Gasteiger partial charge in [0.2, 0.25) is 5.91 Å². The first kappa shape index (κ1) is 21.5. The molecule has 1 saturated heterocycles. The molecule has 1 fully saturated rings. The summed E-state index contributed by atoms with van der Waals surface area (Å²) in [7, 11) is 0. The summed E-state index contributed by atoms with van der Waals surface area (Å²) in [6.07, 6.45) is 0.763. The molecule has 1 unspecified atom stereocenters. The van der Waals surface area contributed by atoms with E-state index in [-0.39, 0.29) is 25.3 Å². The van der Waals surface area contributed by atoms with Gasteiger partial charge in [-0.2, -0.15) is 4.90 Å². The lowest BCUT2D eigenvalue weighted by molar-refractivity contribution is -0.150. The number of imide groups is 3. The largest absolute Gasteiger partial charge is 0.443 e. The van der Waals surface area contributed by atoms with Crippen LogP contribution >= 0.6 is 0 Å². The van der Waals surface area contributed by atoms with E-state index in [1.54, 1.807) is 45.2 Å². The second-order valence-electron chi connectivity index (χ2n) is 8.71. The second-order valence-corrected chi connectivity index (χ2v) is 8.71. The molecule has 0 saturated carbocycles. The molecule has 3 heterocycles. The number of carbonyl (C=O) groups excluding carboxylic acids is 4. The summed E-state index contributed by atoms with van der Waals surface area (Å²) in [5, 5.41) is 3.21. The van der Waals surface area contributed by atoms with Crippen LogP contribution in [0.5, 0.6) is 0 Å². The minimum Gasteiger partial charge on any atom is -0.443 e. The molecule has 2 aromatic rings. The Bertz CT molecular complexity index is 1090. The standard InChI is InChI=1S/C23H24N4O5/c1-23(2,3)32-22(31)27-19(28)11-10-17(21(27)30)26-13-15-14(20(26)29)7-6-8-16(15)25-18-9-4-5-12-24-18/h4-9,12,17H,10-11,13H2,1-3H3,(H,24,25). The number of piperidine rings is 1. The van der Waals surface area contributed by atoms with E-state index in [0.29, 0.717) is 22.0 Å². The Morgan fingerprint density at radius 1 is 1.12 bits per heavy atom. The lowest BCUT2D eigenvalue weighted by atomic mass is 10.0. The number of fused-ring (bicyclic) bond motifs is 1. The maximum absolute atomic E-state index is 13.1. The summed E-state index contributed by atoms with van der Waals surface area (Å²) in [5.41, 5.74) is 1.05. The Hall–Kier alpha value is -3.75. The molecule has 2 aliphatic rings. The first-order valence-electron chi connectivity index (χ1n) is 10.4. The molecule has 1 N–H and O–H groups in total. The smallest absolute Gasteiger partial charge is 0.424 e. The molecule has 0 bridgehead atoms. The van der Waals surface area contributed by atoms with E-state index in [1.165, 1.54) is 4.90 Å². The number of likely N-dealkylation sites (tertiary alicyclic amines) is 1. The highest BCUT2D eigenvalue weighted by molar-refractivity contribution is 6.13. The molecular formula is C23H24N4O5. The van der Waals surface area contributed by atoms with Crippen molar-refractivity contribution >= 4 is 35.3 Å². The topological polar surface area (TPSA) is 109 Å². The number of nitrogens with zero attached hydrogens (tertiary/aromatic N) is 3. The maximum atomic E-state index is 13.1. The van der Waals surface area contributed by atoms with Crippen LogP contribution in [0.25, 0.3) is 0 Å². The molecule has 166 valence electrons. The number of hydrogen-bond acceptors (Lipinski definition) is 7. The van der Waals surface area contributed by atoms with Crippen molar-refractivity contribution in [3.05, 3.63) is 53.7 Å². The number of amides is 4. The van der Waals surface area contributed by atoms with Crippen molar-refractivity contribution in [3.63, 3.8) is 0 Å². The van der Waals surface area contributed by atoms with E-state index in [1.807, 2.05) is 18.2 Å². The van der Waals surface area contributed by atoms with Crippen LogP contribution in [0.2, 0.25) is 0 Å². The van der Waals surface area contributed by atoms with Crippen LogP contribution in [0.3, 0.4) is 0 Å². The number of rotatable bonds is 3. The van der Waals surface area contributed by atoms with Crippen LogP contribution in [0.1, 0.15) is 49.5 Å². The van der Waals surface area contributed by atoms with Gasteiger partial charge in [0, 0.05) is 36.0 Å². The van der Waals surface area contributed by atoms with Crippen molar-refractivity contribution in [2.24, 2.45) is 0 Å². The Labute approximate surface area is 185 Å². The Balaban J connectivity index is 1.58. The second kappa shape index (κ2) is 8.07. The lowest BCUT2D eigenvalue weighted by Crippen LogP contribution is -2.57. The van der Waals surface area contributed by atoms with Crippen molar-refractivity contribution in [1.29, 1.82) is 0 Å². The van der Waals surface area contributed by atoms with Gasteiger partial charge in [-0.15, -0.1) is 0 Å². The van der Waals surface area contributed by atoms with Crippen LogP contribution in [0.4, 0.5) is 16.3 Å². The maximum Gasteiger partial charge on any atom is 0.424 e. The number of ether oxygens (including phenoxy) is 1. The van der Waals surface area contributed by atoms with Crippen LogP contribution < -0.4 is 5.32 Å². The van der Waals surface area contributed by atoms with Crippen LogP contribution in [0.15, 0.2) is 42.6 Å². The zero-order valence-corrected chi connectivity index (χ0v) is 18.1. The number of benzene rings is 1.